The number of benzene rings is 2. The molecule has 1 aliphatic rings. The maximum atomic E-state index is 12.2. The van der Waals surface area contributed by atoms with Crippen LogP contribution in [-0.4, -0.2) is 26.1 Å². The van der Waals surface area contributed by atoms with E-state index in [2.05, 4.69) is 34.9 Å². The highest BCUT2D eigenvalue weighted by Gasteiger charge is 2.23. The lowest BCUT2D eigenvalue weighted by Gasteiger charge is -2.17. The Morgan fingerprint density at radius 2 is 1.96 bits per heavy atom. The van der Waals surface area contributed by atoms with Gasteiger partial charge in [0.15, 0.2) is 0 Å². The van der Waals surface area contributed by atoms with Crippen LogP contribution in [-0.2, 0) is 4.79 Å². The van der Waals surface area contributed by atoms with Gasteiger partial charge in [-0.2, -0.15) is 0 Å². The third kappa shape index (κ3) is 3.60. The second kappa shape index (κ2) is 7.49. The van der Waals surface area contributed by atoms with Gasteiger partial charge in [-0.1, -0.05) is 42.5 Å². The predicted molar refractivity (Wildman–Crippen MR) is 96.0 cm³/mol. The molecule has 0 spiro atoms. The molecular weight excluding hydrogens is 300 g/mol. The van der Waals surface area contributed by atoms with Crippen LogP contribution in [0.25, 0.3) is 11.1 Å². The second-order valence-electron chi connectivity index (χ2n) is 6.24. The van der Waals surface area contributed by atoms with Crippen LogP contribution in [0.3, 0.4) is 0 Å². The smallest absolute Gasteiger partial charge is 0.224 e. The molecule has 2 N–H and O–H groups in total. The first-order valence-electron chi connectivity index (χ1n) is 8.43. The first-order valence-corrected chi connectivity index (χ1v) is 8.43. The quantitative estimate of drug-likeness (QED) is 0.888. The van der Waals surface area contributed by atoms with Gasteiger partial charge in [-0.15, -0.1) is 0 Å². The van der Waals surface area contributed by atoms with Gasteiger partial charge >= 0.3 is 0 Å². The highest BCUT2D eigenvalue weighted by molar-refractivity contribution is 5.79. The van der Waals surface area contributed by atoms with Crippen molar-refractivity contribution in [2.45, 2.75) is 19.4 Å². The molecule has 2 aromatic carbocycles. The van der Waals surface area contributed by atoms with Gasteiger partial charge in [-0.25, -0.2) is 0 Å². The van der Waals surface area contributed by atoms with Crippen molar-refractivity contribution in [1.82, 2.24) is 10.6 Å². The summed E-state index contributed by atoms with van der Waals surface area (Å²) in [5.74, 6) is 1.10. The number of carbonyl (C=O) groups excluding carboxylic acids is 1. The van der Waals surface area contributed by atoms with Crippen molar-refractivity contribution in [2.75, 3.05) is 20.2 Å². The zero-order valence-electron chi connectivity index (χ0n) is 14.2. The van der Waals surface area contributed by atoms with E-state index >= 15 is 0 Å². The van der Waals surface area contributed by atoms with E-state index in [0.29, 0.717) is 0 Å². The molecule has 1 fully saturated rings. The summed E-state index contributed by atoms with van der Waals surface area (Å²) in [6.07, 6.45) is 0.922. The number of rotatable bonds is 5. The zero-order chi connectivity index (χ0) is 16.9. The summed E-state index contributed by atoms with van der Waals surface area (Å²) in [6, 6.07) is 16.3. The fourth-order valence-corrected chi connectivity index (χ4v) is 3.13. The van der Waals surface area contributed by atoms with E-state index < -0.39 is 0 Å². The molecule has 2 unspecified atom stereocenters. The van der Waals surface area contributed by atoms with Crippen molar-refractivity contribution in [3.8, 4) is 16.9 Å². The van der Waals surface area contributed by atoms with Crippen LogP contribution in [0.15, 0.2) is 48.5 Å². The van der Waals surface area contributed by atoms with E-state index in [4.69, 9.17) is 4.74 Å². The van der Waals surface area contributed by atoms with Gasteiger partial charge in [0.2, 0.25) is 5.91 Å². The molecule has 1 heterocycles. The molecule has 0 bridgehead atoms. The minimum atomic E-state index is 0.00446. The Hall–Kier alpha value is -2.33. The molecule has 0 radical (unpaired) electrons. The Bertz CT molecular complexity index is 691. The van der Waals surface area contributed by atoms with Gasteiger partial charge in [0, 0.05) is 12.1 Å². The van der Waals surface area contributed by atoms with Crippen LogP contribution in [0.4, 0.5) is 0 Å². The number of carbonyl (C=O) groups is 1. The Labute approximate surface area is 143 Å². The third-order valence-corrected chi connectivity index (χ3v) is 4.62. The first-order chi connectivity index (χ1) is 11.7. The standard InChI is InChI=1S/C20H24N2O2/c1-14(22-20(23)17-11-12-21-13-17)15-7-9-16(10-8-15)18-5-3-4-6-19(18)24-2/h3-10,14,17,21H,11-13H2,1-2H3,(H,22,23). The molecule has 2 aromatic rings. The molecule has 1 saturated heterocycles. The molecule has 0 aromatic heterocycles. The van der Waals surface area contributed by atoms with E-state index in [-0.39, 0.29) is 17.9 Å². The van der Waals surface area contributed by atoms with Gasteiger partial charge in [0.05, 0.1) is 19.1 Å². The summed E-state index contributed by atoms with van der Waals surface area (Å²) in [7, 11) is 1.68. The maximum absolute atomic E-state index is 12.2. The second-order valence-corrected chi connectivity index (χ2v) is 6.24. The Morgan fingerprint density at radius 1 is 1.21 bits per heavy atom. The summed E-state index contributed by atoms with van der Waals surface area (Å²) < 4.78 is 5.42. The molecule has 126 valence electrons. The molecule has 3 rings (SSSR count). The lowest BCUT2D eigenvalue weighted by atomic mass is 10.00. The zero-order valence-corrected chi connectivity index (χ0v) is 14.2. The van der Waals surface area contributed by atoms with Gasteiger partial charge in [-0.3, -0.25) is 4.79 Å². The van der Waals surface area contributed by atoms with E-state index in [1.807, 2.05) is 31.2 Å². The van der Waals surface area contributed by atoms with E-state index in [0.717, 1.165) is 42.0 Å². The lowest BCUT2D eigenvalue weighted by Crippen LogP contribution is -2.33. The number of para-hydroxylation sites is 1. The maximum Gasteiger partial charge on any atom is 0.224 e. The van der Waals surface area contributed by atoms with Crippen LogP contribution in [0.2, 0.25) is 0 Å². The Balaban J connectivity index is 1.70. The number of methoxy groups -OCH3 is 1. The van der Waals surface area contributed by atoms with E-state index in [1.54, 1.807) is 7.11 Å². The summed E-state index contributed by atoms with van der Waals surface area (Å²) >= 11 is 0. The SMILES string of the molecule is COc1ccccc1-c1ccc(C(C)NC(=O)C2CCNC2)cc1. The number of hydrogen-bond donors (Lipinski definition) is 2. The third-order valence-electron chi connectivity index (χ3n) is 4.62. The van der Waals surface area contributed by atoms with Crippen LogP contribution < -0.4 is 15.4 Å². The minimum Gasteiger partial charge on any atom is -0.496 e. The average molecular weight is 324 g/mol. The van der Waals surface area contributed by atoms with Crippen molar-refractivity contribution in [3.63, 3.8) is 0 Å². The number of hydrogen-bond acceptors (Lipinski definition) is 3. The monoisotopic (exact) mass is 324 g/mol. The molecule has 0 aliphatic carbocycles. The fourth-order valence-electron chi connectivity index (χ4n) is 3.13. The largest absolute Gasteiger partial charge is 0.496 e. The molecule has 2 atom stereocenters. The van der Waals surface area contributed by atoms with Crippen LogP contribution in [0, 0.1) is 5.92 Å². The van der Waals surface area contributed by atoms with Crippen molar-refractivity contribution >= 4 is 5.91 Å². The minimum absolute atomic E-state index is 0.00446. The summed E-state index contributed by atoms with van der Waals surface area (Å²) in [5.41, 5.74) is 3.28. The van der Waals surface area contributed by atoms with E-state index in [1.165, 1.54) is 0 Å². The molecule has 0 saturated carbocycles. The number of nitrogens with one attached hydrogen (secondary N) is 2. The first kappa shape index (κ1) is 16.5. The van der Waals surface area contributed by atoms with Gasteiger partial charge in [0.25, 0.3) is 0 Å². The van der Waals surface area contributed by atoms with Crippen molar-refractivity contribution in [2.24, 2.45) is 5.92 Å². The Morgan fingerprint density at radius 3 is 2.62 bits per heavy atom. The lowest BCUT2D eigenvalue weighted by molar-refractivity contribution is -0.125. The van der Waals surface area contributed by atoms with Gasteiger partial charge in [0.1, 0.15) is 5.75 Å². The summed E-state index contributed by atoms with van der Waals surface area (Å²) in [5, 5.41) is 6.35. The number of amides is 1. The van der Waals surface area contributed by atoms with Crippen molar-refractivity contribution in [1.29, 1.82) is 0 Å². The Kier molecular flexibility index (Phi) is 5.16. The van der Waals surface area contributed by atoms with Crippen molar-refractivity contribution < 1.29 is 9.53 Å². The highest BCUT2D eigenvalue weighted by Crippen LogP contribution is 2.30. The highest BCUT2D eigenvalue weighted by atomic mass is 16.5. The molecular formula is C20H24N2O2. The predicted octanol–water partition coefficient (Wildman–Crippen LogP) is 3.15. The molecule has 1 aliphatic heterocycles. The molecule has 4 nitrogen and oxygen atoms in total. The normalized spacial score (nSPS) is 18.2. The fraction of sp³-hybridized carbons (Fsp3) is 0.350. The topological polar surface area (TPSA) is 50.4 Å². The summed E-state index contributed by atoms with van der Waals surface area (Å²) in [6.45, 7) is 3.74. The van der Waals surface area contributed by atoms with Gasteiger partial charge < -0.3 is 15.4 Å². The molecule has 24 heavy (non-hydrogen) atoms. The molecule has 1 amide bonds. The van der Waals surface area contributed by atoms with E-state index in [9.17, 15) is 4.79 Å². The van der Waals surface area contributed by atoms with Crippen LogP contribution >= 0.6 is 0 Å². The number of ether oxygens (including phenoxy) is 1. The van der Waals surface area contributed by atoms with Gasteiger partial charge in [-0.05, 0) is 37.1 Å². The van der Waals surface area contributed by atoms with Crippen LogP contribution in [0.1, 0.15) is 24.9 Å². The van der Waals surface area contributed by atoms with Crippen LogP contribution in [0.5, 0.6) is 5.75 Å². The average Bonchev–Trinajstić information content (AvgIpc) is 3.16. The molecule has 4 heteroatoms. The summed E-state index contributed by atoms with van der Waals surface area (Å²) in [4.78, 5) is 12.2. The van der Waals surface area contributed by atoms with Crippen molar-refractivity contribution in [3.05, 3.63) is 54.1 Å².